The van der Waals surface area contributed by atoms with Crippen LogP contribution in [0.25, 0.3) is 0 Å². The molecule has 0 fully saturated rings. The van der Waals surface area contributed by atoms with E-state index in [9.17, 15) is 18.0 Å². The lowest BCUT2D eigenvalue weighted by Gasteiger charge is -2.32. The molecule has 0 aliphatic rings. The molecule has 8 nitrogen and oxygen atoms in total. The number of halogens is 1. The topological polar surface area (TPSA) is 90.0 Å². The third kappa shape index (κ3) is 6.54. The molecule has 0 aromatic heterocycles. The van der Waals surface area contributed by atoms with Crippen molar-refractivity contribution in [1.29, 1.82) is 0 Å². The Morgan fingerprint density at radius 2 is 1.72 bits per heavy atom. The van der Waals surface area contributed by atoms with Crippen LogP contribution in [0.2, 0.25) is 0 Å². The quantitative estimate of drug-likeness (QED) is 0.517. The van der Waals surface area contributed by atoms with Gasteiger partial charge in [0.05, 0.1) is 5.69 Å². The molecule has 1 atom stereocenters. The highest BCUT2D eigenvalue weighted by atomic mass is 79.9. The van der Waals surface area contributed by atoms with Crippen LogP contribution in [0.1, 0.15) is 19.4 Å². The number of rotatable bonds is 10. The molecule has 2 aromatic rings. The predicted molar refractivity (Wildman–Crippen MR) is 129 cm³/mol. The Bertz CT molecular complexity index is 1030. The zero-order valence-electron chi connectivity index (χ0n) is 18.7. The maximum absolute atomic E-state index is 13.4. The fourth-order valence-electron chi connectivity index (χ4n) is 3.05. The summed E-state index contributed by atoms with van der Waals surface area (Å²) in [5.74, 6) is -0.796. The normalized spacial score (nSPS) is 12.3. The number of benzene rings is 2. The summed E-state index contributed by atoms with van der Waals surface area (Å²) in [6.07, 6.45) is 0. The Morgan fingerprint density at radius 1 is 1.06 bits per heavy atom. The Hall–Kier alpha value is -2.43. The molecular weight excluding hydrogens is 496 g/mol. The summed E-state index contributed by atoms with van der Waals surface area (Å²) < 4.78 is 28.9. The zero-order valence-corrected chi connectivity index (χ0v) is 21.1. The van der Waals surface area contributed by atoms with Gasteiger partial charge in [-0.3, -0.25) is 9.59 Å². The van der Waals surface area contributed by atoms with Crippen LogP contribution in [0, 0.1) is 0 Å². The van der Waals surface area contributed by atoms with E-state index in [2.05, 4.69) is 21.2 Å². The van der Waals surface area contributed by atoms with Crippen LogP contribution < -0.4 is 9.62 Å². The number of anilines is 1. The number of para-hydroxylation sites is 1. The largest absolute Gasteiger partial charge is 0.355 e. The van der Waals surface area contributed by atoms with Gasteiger partial charge in [0.25, 0.3) is 0 Å². The van der Waals surface area contributed by atoms with Crippen molar-refractivity contribution in [3.63, 3.8) is 0 Å². The second-order valence-electron chi connectivity index (χ2n) is 7.35. The molecular formula is C22H29BrN4O4S. The first-order valence-electron chi connectivity index (χ1n) is 10.1. The zero-order chi connectivity index (χ0) is 23.9. The molecule has 1 unspecified atom stereocenters. The summed E-state index contributed by atoms with van der Waals surface area (Å²) in [7, 11) is -1.13. The van der Waals surface area contributed by atoms with Gasteiger partial charge in [0.1, 0.15) is 12.6 Å². The van der Waals surface area contributed by atoms with Gasteiger partial charge in [0.15, 0.2) is 0 Å². The monoisotopic (exact) mass is 524 g/mol. The summed E-state index contributed by atoms with van der Waals surface area (Å²) in [6.45, 7) is 3.57. The van der Waals surface area contributed by atoms with E-state index < -0.39 is 28.7 Å². The van der Waals surface area contributed by atoms with Crippen molar-refractivity contribution in [2.45, 2.75) is 26.4 Å². The standard InChI is InChI=1S/C22H29BrN4O4S/c1-5-24-22(29)17(2)26(15-18-10-9-11-19(23)14-18)21(28)16-27(32(30,31)25(3)4)20-12-7-6-8-13-20/h6-14,17H,5,15-16H2,1-4H3,(H,24,29). The number of amides is 2. The Labute approximate surface area is 198 Å². The van der Waals surface area contributed by atoms with Crippen LogP contribution in [0.5, 0.6) is 0 Å². The highest BCUT2D eigenvalue weighted by molar-refractivity contribution is 9.10. The van der Waals surface area contributed by atoms with Gasteiger partial charge < -0.3 is 10.2 Å². The van der Waals surface area contributed by atoms with Crippen molar-refractivity contribution in [1.82, 2.24) is 14.5 Å². The van der Waals surface area contributed by atoms with Crippen LogP contribution in [0.3, 0.4) is 0 Å². The average Bonchev–Trinajstić information content (AvgIpc) is 2.75. The number of hydrogen-bond donors (Lipinski definition) is 1. The van der Waals surface area contributed by atoms with Crippen LogP contribution in [0.15, 0.2) is 59.1 Å². The number of likely N-dealkylation sites (N-methyl/N-ethyl adjacent to an activating group) is 1. The van der Waals surface area contributed by atoms with Gasteiger partial charge in [-0.1, -0.05) is 46.3 Å². The molecule has 0 aliphatic carbocycles. The molecule has 0 aliphatic heterocycles. The molecule has 0 saturated heterocycles. The van der Waals surface area contributed by atoms with Gasteiger partial charge >= 0.3 is 10.2 Å². The van der Waals surface area contributed by atoms with E-state index in [1.807, 2.05) is 24.3 Å². The minimum Gasteiger partial charge on any atom is -0.355 e. The van der Waals surface area contributed by atoms with Crippen LogP contribution >= 0.6 is 15.9 Å². The Balaban J connectivity index is 2.42. The van der Waals surface area contributed by atoms with E-state index in [0.29, 0.717) is 12.2 Å². The summed E-state index contributed by atoms with van der Waals surface area (Å²) in [6, 6.07) is 15.0. The highest BCUT2D eigenvalue weighted by Crippen LogP contribution is 2.21. The lowest BCUT2D eigenvalue weighted by Crippen LogP contribution is -2.52. The third-order valence-electron chi connectivity index (χ3n) is 4.82. The van der Waals surface area contributed by atoms with Crippen LogP contribution in [-0.2, 0) is 26.3 Å². The maximum atomic E-state index is 13.4. The molecule has 10 heteroatoms. The van der Waals surface area contributed by atoms with E-state index in [-0.39, 0.29) is 12.5 Å². The smallest absolute Gasteiger partial charge is 0.304 e. The second-order valence-corrected chi connectivity index (χ2v) is 10.3. The Morgan fingerprint density at radius 3 is 2.28 bits per heavy atom. The number of carbonyl (C=O) groups excluding carboxylic acids is 2. The SMILES string of the molecule is CCNC(=O)C(C)N(Cc1cccc(Br)c1)C(=O)CN(c1ccccc1)S(=O)(=O)N(C)C. The van der Waals surface area contributed by atoms with Crippen LogP contribution in [0.4, 0.5) is 5.69 Å². The number of carbonyl (C=O) groups is 2. The van der Waals surface area contributed by atoms with E-state index >= 15 is 0 Å². The third-order valence-corrected chi connectivity index (χ3v) is 7.14. The Kier molecular flexibility index (Phi) is 9.23. The average molecular weight is 525 g/mol. The molecule has 2 amide bonds. The number of hydrogen-bond acceptors (Lipinski definition) is 4. The highest BCUT2D eigenvalue weighted by Gasteiger charge is 2.32. The van der Waals surface area contributed by atoms with Crippen LogP contribution in [-0.4, -0.2) is 62.7 Å². The fourth-order valence-corrected chi connectivity index (χ4v) is 4.55. The molecule has 2 rings (SSSR count). The first-order chi connectivity index (χ1) is 15.1. The second kappa shape index (κ2) is 11.4. The predicted octanol–water partition coefficient (Wildman–Crippen LogP) is 2.62. The summed E-state index contributed by atoms with van der Waals surface area (Å²) >= 11 is 3.42. The molecule has 174 valence electrons. The van der Waals surface area contributed by atoms with E-state index in [4.69, 9.17) is 0 Å². The van der Waals surface area contributed by atoms with Gasteiger partial charge in [-0.05, 0) is 43.7 Å². The molecule has 0 radical (unpaired) electrons. The number of nitrogens with one attached hydrogen (secondary N) is 1. The van der Waals surface area contributed by atoms with Gasteiger partial charge in [-0.2, -0.15) is 12.7 Å². The molecule has 0 saturated carbocycles. The van der Waals surface area contributed by atoms with Crippen molar-refractivity contribution in [3.8, 4) is 0 Å². The van der Waals surface area contributed by atoms with Crippen molar-refractivity contribution >= 4 is 43.6 Å². The lowest BCUT2D eigenvalue weighted by molar-refractivity contribution is -0.139. The summed E-state index contributed by atoms with van der Waals surface area (Å²) in [5.41, 5.74) is 1.17. The van der Waals surface area contributed by atoms with E-state index in [1.165, 1.54) is 19.0 Å². The van der Waals surface area contributed by atoms with Crippen molar-refractivity contribution < 1.29 is 18.0 Å². The van der Waals surface area contributed by atoms with Gasteiger partial charge in [0.2, 0.25) is 11.8 Å². The van der Waals surface area contributed by atoms with Gasteiger partial charge in [0, 0.05) is 31.7 Å². The van der Waals surface area contributed by atoms with E-state index in [0.717, 1.165) is 18.6 Å². The van der Waals surface area contributed by atoms with Crippen molar-refractivity contribution in [2.75, 3.05) is 31.5 Å². The first kappa shape index (κ1) is 25.8. The molecule has 0 heterocycles. The number of nitrogens with zero attached hydrogens (tertiary/aromatic N) is 3. The van der Waals surface area contributed by atoms with Crippen molar-refractivity contribution in [3.05, 3.63) is 64.6 Å². The minimum absolute atomic E-state index is 0.154. The van der Waals surface area contributed by atoms with Crippen molar-refractivity contribution in [2.24, 2.45) is 0 Å². The lowest BCUT2D eigenvalue weighted by atomic mass is 10.1. The minimum atomic E-state index is -3.95. The maximum Gasteiger partial charge on any atom is 0.304 e. The first-order valence-corrected chi connectivity index (χ1v) is 12.3. The van der Waals surface area contributed by atoms with E-state index in [1.54, 1.807) is 44.2 Å². The molecule has 32 heavy (non-hydrogen) atoms. The summed E-state index contributed by atoms with van der Waals surface area (Å²) in [4.78, 5) is 27.4. The molecule has 2 aromatic carbocycles. The molecule has 0 spiro atoms. The van der Waals surface area contributed by atoms with Gasteiger partial charge in [-0.15, -0.1) is 0 Å². The fraction of sp³-hybridized carbons (Fsp3) is 0.364. The summed E-state index contributed by atoms with van der Waals surface area (Å²) in [5, 5.41) is 2.73. The van der Waals surface area contributed by atoms with Gasteiger partial charge in [-0.25, -0.2) is 4.31 Å². The molecule has 0 bridgehead atoms. The molecule has 1 N–H and O–H groups in total.